The van der Waals surface area contributed by atoms with Gasteiger partial charge in [0.2, 0.25) is 0 Å². The van der Waals surface area contributed by atoms with E-state index in [0.29, 0.717) is 18.2 Å². The van der Waals surface area contributed by atoms with Crippen LogP contribution in [-0.2, 0) is 6.54 Å². The van der Waals surface area contributed by atoms with Gasteiger partial charge in [0, 0.05) is 5.56 Å². The fourth-order valence-electron chi connectivity index (χ4n) is 3.64. The zero-order chi connectivity index (χ0) is 18.5. The Bertz CT molecular complexity index is 882. The summed E-state index contributed by atoms with van der Waals surface area (Å²) in [5.41, 5.74) is 2.86. The van der Waals surface area contributed by atoms with E-state index < -0.39 is 0 Å². The fourth-order valence-corrected chi connectivity index (χ4v) is 3.64. The zero-order valence-corrected chi connectivity index (χ0v) is 15.2. The Balaban J connectivity index is 1.39. The van der Waals surface area contributed by atoms with E-state index in [-0.39, 0.29) is 5.91 Å². The van der Waals surface area contributed by atoms with Gasteiger partial charge >= 0.3 is 0 Å². The van der Waals surface area contributed by atoms with Crippen molar-refractivity contribution >= 4 is 5.91 Å². The molecule has 0 atom stereocenters. The number of carbonyl (C=O) groups excluding carboxylic acids is 1. The molecule has 1 N–H and O–H groups in total. The molecule has 138 valence electrons. The summed E-state index contributed by atoms with van der Waals surface area (Å²) in [6.07, 6.45) is 5.91. The van der Waals surface area contributed by atoms with Crippen molar-refractivity contribution in [3.8, 4) is 11.1 Å². The van der Waals surface area contributed by atoms with Crippen molar-refractivity contribution in [2.75, 3.05) is 0 Å². The Kier molecular flexibility index (Phi) is 5.23. The van der Waals surface area contributed by atoms with Gasteiger partial charge in [-0.1, -0.05) is 61.7 Å². The molecule has 0 bridgehead atoms. The fraction of sp³-hybridized carbons (Fsp3) is 0.333. The van der Waals surface area contributed by atoms with Crippen LogP contribution in [0.25, 0.3) is 11.1 Å². The maximum atomic E-state index is 12.5. The van der Waals surface area contributed by atoms with Crippen molar-refractivity contribution < 1.29 is 4.79 Å². The summed E-state index contributed by atoms with van der Waals surface area (Å²) in [5.74, 6) is 0.601. The van der Waals surface area contributed by atoms with E-state index in [4.69, 9.17) is 0 Å². The van der Waals surface area contributed by atoms with Gasteiger partial charge in [0.25, 0.3) is 5.91 Å². The second-order valence-electron chi connectivity index (χ2n) is 6.96. The largest absolute Gasteiger partial charge is 0.345 e. The molecule has 0 unspecified atom stereocenters. The summed E-state index contributed by atoms with van der Waals surface area (Å²) in [6.45, 7) is 0.336. The first-order chi connectivity index (χ1) is 13.3. The Labute approximate surface area is 158 Å². The molecule has 0 spiro atoms. The lowest BCUT2D eigenvalue weighted by Crippen LogP contribution is -2.26. The molecule has 1 aliphatic carbocycles. The summed E-state index contributed by atoms with van der Waals surface area (Å²) in [6, 6.07) is 18.1. The molecule has 3 aromatic rings. The van der Waals surface area contributed by atoms with Gasteiger partial charge in [-0.15, -0.1) is 5.10 Å². The van der Waals surface area contributed by atoms with Gasteiger partial charge < -0.3 is 5.32 Å². The number of amides is 1. The molecule has 1 fully saturated rings. The molecule has 1 saturated carbocycles. The van der Waals surface area contributed by atoms with Gasteiger partial charge in [-0.3, -0.25) is 4.79 Å². The molecule has 2 aromatic carbocycles. The van der Waals surface area contributed by atoms with Gasteiger partial charge in [0.1, 0.15) is 0 Å². The summed E-state index contributed by atoms with van der Waals surface area (Å²) >= 11 is 0. The van der Waals surface area contributed by atoms with Crippen LogP contribution < -0.4 is 5.32 Å². The Morgan fingerprint density at radius 3 is 2.41 bits per heavy atom. The predicted octanol–water partition coefficient (Wildman–Crippen LogP) is 3.78. The highest BCUT2D eigenvalue weighted by Crippen LogP contribution is 2.27. The van der Waals surface area contributed by atoms with Gasteiger partial charge in [0.05, 0.1) is 12.6 Å². The van der Waals surface area contributed by atoms with E-state index in [1.165, 1.54) is 19.3 Å². The zero-order valence-electron chi connectivity index (χ0n) is 15.2. The number of rotatable bonds is 5. The van der Waals surface area contributed by atoms with Crippen LogP contribution in [0, 0.1) is 0 Å². The van der Waals surface area contributed by atoms with Crippen LogP contribution in [0.15, 0.2) is 54.6 Å². The first-order valence-electron chi connectivity index (χ1n) is 9.52. The number of nitrogens with zero attached hydrogens (tertiary/aromatic N) is 4. The van der Waals surface area contributed by atoms with Crippen LogP contribution >= 0.6 is 0 Å². The molecule has 1 aliphatic rings. The molecule has 1 heterocycles. The van der Waals surface area contributed by atoms with Gasteiger partial charge in [-0.2, -0.15) is 0 Å². The number of aromatic nitrogens is 4. The van der Waals surface area contributed by atoms with Gasteiger partial charge in [-0.05, 0) is 46.5 Å². The predicted molar refractivity (Wildman–Crippen MR) is 103 cm³/mol. The third-order valence-corrected chi connectivity index (χ3v) is 5.14. The highest BCUT2D eigenvalue weighted by Gasteiger charge is 2.20. The smallest absolute Gasteiger partial charge is 0.251 e. The van der Waals surface area contributed by atoms with Crippen molar-refractivity contribution in [2.45, 2.75) is 44.7 Å². The van der Waals surface area contributed by atoms with E-state index in [1.807, 2.05) is 47.1 Å². The number of hydrogen-bond donors (Lipinski definition) is 1. The molecule has 1 aromatic heterocycles. The maximum Gasteiger partial charge on any atom is 0.251 e. The van der Waals surface area contributed by atoms with Crippen LogP contribution in [-0.4, -0.2) is 26.1 Å². The highest BCUT2D eigenvalue weighted by molar-refractivity contribution is 5.94. The third kappa shape index (κ3) is 4.05. The monoisotopic (exact) mass is 361 g/mol. The number of carbonyl (C=O) groups is 1. The van der Waals surface area contributed by atoms with Crippen LogP contribution in [0.3, 0.4) is 0 Å². The average molecular weight is 361 g/mol. The first-order valence-corrected chi connectivity index (χ1v) is 9.52. The molecule has 0 saturated heterocycles. The average Bonchev–Trinajstić information content (AvgIpc) is 3.22. The summed E-state index contributed by atoms with van der Waals surface area (Å²) < 4.78 is 1.89. The second kappa shape index (κ2) is 8.12. The van der Waals surface area contributed by atoms with Gasteiger partial charge in [-0.25, -0.2) is 4.68 Å². The molecule has 0 aliphatic heterocycles. The minimum atomic E-state index is -0.118. The number of tetrazole rings is 1. The Hall–Kier alpha value is -3.02. The van der Waals surface area contributed by atoms with Crippen molar-refractivity contribution in [2.24, 2.45) is 0 Å². The number of nitrogens with one attached hydrogen (secondary N) is 1. The molecule has 4 rings (SSSR count). The first kappa shape index (κ1) is 17.4. The van der Waals surface area contributed by atoms with E-state index in [1.54, 1.807) is 0 Å². The van der Waals surface area contributed by atoms with Gasteiger partial charge in [0.15, 0.2) is 5.82 Å². The van der Waals surface area contributed by atoms with Crippen LogP contribution in [0.5, 0.6) is 0 Å². The second-order valence-corrected chi connectivity index (χ2v) is 6.96. The third-order valence-electron chi connectivity index (χ3n) is 5.14. The summed E-state index contributed by atoms with van der Waals surface area (Å²) in [5, 5.41) is 15.0. The Morgan fingerprint density at radius 2 is 1.67 bits per heavy atom. The van der Waals surface area contributed by atoms with E-state index in [0.717, 1.165) is 29.8 Å². The number of benzene rings is 2. The van der Waals surface area contributed by atoms with Crippen molar-refractivity contribution in [3.05, 3.63) is 66.0 Å². The quantitative estimate of drug-likeness (QED) is 0.751. The normalized spacial score (nSPS) is 14.8. The molecule has 0 radical (unpaired) electrons. The maximum absolute atomic E-state index is 12.5. The van der Waals surface area contributed by atoms with Crippen LogP contribution in [0.1, 0.15) is 54.3 Å². The van der Waals surface area contributed by atoms with Crippen molar-refractivity contribution in [1.82, 2.24) is 25.5 Å². The lowest BCUT2D eigenvalue weighted by molar-refractivity contribution is 0.0949. The number of hydrogen-bond acceptors (Lipinski definition) is 4. The summed E-state index contributed by atoms with van der Waals surface area (Å²) in [7, 11) is 0. The lowest BCUT2D eigenvalue weighted by Gasteiger charge is -2.22. The van der Waals surface area contributed by atoms with Crippen LogP contribution in [0.2, 0.25) is 0 Å². The minimum absolute atomic E-state index is 0.118. The van der Waals surface area contributed by atoms with Crippen LogP contribution in [0.4, 0.5) is 0 Å². The highest BCUT2D eigenvalue weighted by atomic mass is 16.1. The molecular formula is C21H23N5O. The molecule has 27 heavy (non-hydrogen) atoms. The minimum Gasteiger partial charge on any atom is -0.345 e. The molecule has 6 heteroatoms. The van der Waals surface area contributed by atoms with Crippen molar-refractivity contribution in [1.29, 1.82) is 0 Å². The van der Waals surface area contributed by atoms with Crippen molar-refractivity contribution in [3.63, 3.8) is 0 Å². The Morgan fingerprint density at radius 1 is 0.963 bits per heavy atom. The van der Waals surface area contributed by atoms with E-state index in [9.17, 15) is 4.79 Å². The molecule has 1 amide bonds. The SMILES string of the molecule is O=C(NCc1nnnn1C1CCCCC1)c1ccc(-c2ccccc2)cc1. The standard InChI is InChI=1S/C21H23N5O/c27-21(18-13-11-17(12-14-18)16-7-3-1-4-8-16)22-15-20-23-24-25-26(20)19-9-5-2-6-10-19/h1,3-4,7-8,11-14,19H,2,5-6,9-10,15H2,(H,22,27). The summed E-state index contributed by atoms with van der Waals surface area (Å²) in [4.78, 5) is 12.5. The van der Waals surface area contributed by atoms with E-state index in [2.05, 4.69) is 33.0 Å². The topological polar surface area (TPSA) is 72.7 Å². The van der Waals surface area contributed by atoms with E-state index >= 15 is 0 Å². The lowest BCUT2D eigenvalue weighted by atomic mass is 9.95. The molecule has 6 nitrogen and oxygen atoms in total. The molecular weight excluding hydrogens is 338 g/mol.